The second-order valence-corrected chi connectivity index (χ2v) is 6.36. The number of halogens is 1. The first-order chi connectivity index (χ1) is 13.1. The van der Waals surface area contributed by atoms with E-state index in [9.17, 15) is 15.2 Å². The number of rotatable bonds is 6. The lowest BCUT2D eigenvalue weighted by atomic mass is 10.2. The standard InChI is InChI=1S/C19H14BrN3O4/c20-12-4-3-5-13(8-12)26-11-18(25)27-10-17(24)14(9-21)19-22-15-6-1-2-7-16(15)23-19/h1-8,24H,10-11H2,(H,22,23)/b17-14+. The highest BCUT2D eigenvalue weighted by atomic mass is 79.9. The predicted octanol–water partition coefficient (Wildman–Crippen LogP) is 3.74. The van der Waals surface area contributed by atoms with Crippen molar-refractivity contribution in [3.05, 3.63) is 64.6 Å². The van der Waals surface area contributed by atoms with Crippen molar-refractivity contribution in [3.63, 3.8) is 0 Å². The van der Waals surface area contributed by atoms with Gasteiger partial charge in [-0.2, -0.15) is 5.26 Å². The quantitative estimate of drug-likeness (QED) is 0.352. The van der Waals surface area contributed by atoms with Crippen LogP contribution in [-0.4, -0.2) is 34.3 Å². The number of para-hydroxylation sites is 2. The maximum Gasteiger partial charge on any atom is 0.344 e. The van der Waals surface area contributed by atoms with Crippen LogP contribution in [-0.2, 0) is 9.53 Å². The molecule has 27 heavy (non-hydrogen) atoms. The van der Waals surface area contributed by atoms with E-state index >= 15 is 0 Å². The highest BCUT2D eigenvalue weighted by Crippen LogP contribution is 2.19. The number of nitriles is 1. The number of nitrogens with zero attached hydrogens (tertiary/aromatic N) is 2. The van der Waals surface area contributed by atoms with Gasteiger partial charge in [0.05, 0.1) is 11.0 Å². The maximum atomic E-state index is 11.8. The number of H-pyrrole nitrogens is 1. The molecule has 7 nitrogen and oxygen atoms in total. The van der Waals surface area contributed by atoms with E-state index in [0.29, 0.717) is 11.3 Å². The monoisotopic (exact) mass is 427 g/mol. The molecular weight excluding hydrogens is 414 g/mol. The zero-order valence-corrected chi connectivity index (χ0v) is 15.6. The number of ether oxygens (including phenoxy) is 2. The van der Waals surface area contributed by atoms with Gasteiger partial charge in [-0.25, -0.2) is 9.78 Å². The van der Waals surface area contributed by atoms with Crippen LogP contribution in [0.25, 0.3) is 16.6 Å². The number of aliphatic hydroxyl groups is 1. The van der Waals surface area contributed by atoms with E-state index in [1.807, 2.05) is 24.3 Å². The molecule has 0 aliphatic carbocycles. The van der Waals surface area contributed by atoms with Gasteiger partial charge in [-0.05, 0) is 30.3 Å². The molecule has 0 atom stereocenters. The highest BCUT2D eigenvalue weighted by molar-refractivity contribution is 9.10. The summed E-state index contributed by atoms with van der Waals surface area (Å²) >= 11 is 3.30. The lowest BCUT2D eigenvalue weighted by Crippen LogP contribution is -2.16. The summed E-state index contributed by atoms with van der Waals surface area (Å²) in [5, 5.41) is 19.5. The van der Waals surface area contributed by atoms with Gasteiger partial charge in [0.15, 0.2) is 18.2 Å². The fourth-order valence-electron chi connectivity index (χ4n) is 2.29. The van der Waals surface area contributed by atoms with E-state index in [1.54, 1.807) is 30.3 Å². The lowest BCUT2D eigenvalue weighted by molar-refractivity contribution is -0.145. The summed E-state index contributed by atoms with van der Waals surface area (Å²) in [4.78, 5) is 19.0. The van der Waals surface area contributed by atoms with Crippen molar-refractivity contribution in [2.24, 2.45) is 0 Å². The molecule has 0 radical (unpaired) electrons. The van der Waals surface area contributed by atoms with E-state index in [-0.39, 0.29) is 18.0 Å². The summed E-state index contributed by atoms with van der Waals surface area (Å²) in [6.07, 6.45) is 0. The van der Waals surface area contributed by atoms with Crippen molar-refractivity contribution in [2.75, 3.05) is 13.2 Å². The molecule has 0 spiro atoms. The fourth-order valence-corrected chi connectivity index (χ4v) is 2.67. The molecule has 8 heteroatoms. The minimum Gasteiger partial charge on any atom is -0.507 e. The Kier molecular flexibility index (Phi) is 5.74. The molecule has 0 aliphatic heterocycles. The molecule has 136 valence electrons. The zero-order valence-electron chi connectivity index (χ0n) is 14.0. The maximum absolute atomic E-state index is 11.8. The largest absolute Gasteiger partial charge is 0.507 e. The smallest absolute Gasteiger partial charge is 0.344 e. The Balaban J connectivity index is 1.62. The van der Waals surface area contributed by atoms with Gasteiger partial charge >= 0.3 is 5.97 Å². The van der Waals surface area contributed by atoms with Gasteiger partial charge in [-0.15, -0.1) is 0 Å². The van der Waals surface area contributed by atoms with Gasteiger partial charge in [-0.3, -0.25) is 0 Å². The Hall–Kier alpha value is -3.31. The Morgan fingerprint density at radius 3 is 2.78 bits per heavy atom. The van der Waals surface area contributed by atoms with Gasteiger partial charge < -0.3 is 19.6 Å². The third-order valence-electron chi connectivity index (χ3n) is 3.55. The van der Waals surface area contributed by atoms with Crippen LogP contribution in [0.3, 0.4) is 0 Å². The molecule has 0 saturated heterocycles. The number of aromatic amines is 1. The van der Waals surface area contributed by atoms with Crippen molar-refractivity contribution in [1.82, 2.24) is 9.97 Å². The third-order valence-corrected chi connectivity index (χ3v) is 4.04. The van der Waals surface area contributed by atoms with E-state index in [1.165, 1.54) is 0 Å². The van der Waals surface area contributed by atoms with Crippen LogP contribution >= 0.6 is 15.9 Å². The number of hydrogen-bond acceptors (Lipinski definition) is 6. The minimum atomic E-state index is -0.677. The number of hydrogen-bond donors (Lipinski definition) is 2. The first kappa shape index (κ1) is 18.5. The Bertz CT molecular complexity index is 1020. The number of allylic oxidation sites excluding steroid dienone is 1. The van der Waals surface area contributed by atoms with Crippen LogP contribution in [0.5, 0.6) is 5.75 Å². The topological polar surface area (TPSA) is 108 Å². The second kappa shape index (κ2) is 8.38. The SMILES string of the molecule is N#C/C(=C(\O)COC(=O)COc1cccc(Br)c1)c1nc2ccccc2[nH]1. The molecule has 2 aromatic carbocycles. The van der Waals surface area contributed by atoms with Crippen molar-refractivity contribution in [3.8, 4) is 11.8 Å². The molecule has 1 aromatic heterocycles. The number of imidazole rings is 1. The molecule has 0 unspecified atom stereocenters. The number of esters is 1. The van der Waals surface area contributed by atoms with E-state index in [2.05, 4.69) is 25.9 Å². The average Bonchev–Trinajstić information content (AvgIpc) is 3.09. The molecule has 0 saturated carbocycles. The van der Waals surface area contributed by atoms with Crippen molar-refractivity contribution in [1.29, 1.82) is 5.26 Å². The molecule has 0 bridgehead atoms. The third kappa shape index (κ3) is 4.65. The van der Waals surface area contributed by atoms with E-state index in [0.717, 1.165) is 9.99 Å². The first-order valence-electron chi connectivity index (χ1n) is 7.88. The molecule has 3 aromatic rings. The van der Waals surface area contributed by atoms with Gasteiger partial charge in [-0.1, -0.05) is 34.1 Å². The summed E-state index contributed by atoms with van der Waals surface area (Å²) < 4.78 is 11.1. The summed E-state index contributed by atoms with van der Waals surface area (Å²) in [5.74, 6) is -0.366. The number of carbonyl (C=O) groups is 1. The molecule has 2 N–H and O–H groups in total. The zero-order chi connectivity index (χ0) is 19.2. The molecule has 0 fully saturated rings. The predicted molar refractivity (Wildman–Crippen MR) is 102 cm³/mol. The minimum absolute atomic E-state index is 0.0908. The first-order valence-corrected chi connectivity index (χ1v) is 8.67. The number of fused-ring (bicyclic) bond motifs is 1. The summed E-state index contributed by atoms with van der Waals surface area (Å²) in [5.41, 5.74) is 1.30. The fraction of sp³-hybridized carbons (Fsp3) is 0.105. The van der Waals surface area contributed by atoms with Crippen LogP contribution in [0.2, 0.25) is 0 Å². The highest BCUT2D eigenvalue weighted by Gasteiger charge is 2.15. The van der Waals surface area contributed by atoms with Crippen LogP contribution in [0, 0.1) is 11.3 Å². The molecule has 3 rings (SSSR count). The van der Waals surface area contributed by atoms with Crippen molar-refractivity contribution >= 4 is 38.5 Å². The number of aliphatic hydroxyl groups excluding tert-OH is 1. The summed E-state index contributed by atoms with van der Waals surface area (Å²) in [6, 6.07) is 16.1. The Labute approximate surface area is 163 Å². The second-order valence-electron chi connectivity index (χ2n) is 5.44. The van der Waals surface area contributed by atoms with Gasteiger partial charge in [0.1, 0.15) is 24.0 Å². The van der Waals surface area contributed by atoms with Crippen LogP contribution in [0.1, 0.15) is 5.82 Å². The normalized spacial score (nSPS) is 11.6. The summed E-state index contributed by atoms with van der Waals surface area (Å²) in [6.45, 7) is -0.781. The molecule has 1 heterocycles. The Morgan fingerprint density at radius 1 is 1.22 bits per heavy atom. The molecule has 0 amide bonds. The van der Waals surface area contributed by atoms with Gasteiger partial charge in [0.25, 0.3) is 0 Å². The summed E-state index contributed by atoms with van der Waals surface area (Å²) in [7, 11) is 0. The van der Waals surface area contributed by atoms with E-state index in [4.69, 9.17) is 9.47 Å². The van der Waals surface area contributed by atoms with Crippen LogP contribution in [0.4, 0.5) is 0 Å². The van der Waals surface area contributed by atoms with Crippen molar-refractivity contribution < 1.29 is 19.4 Å². The number of benzene rings is 2. The van der Waals surface area contributed by atoms with Crippen LogP contribution < -0.4 is 4.74 Å². The number of carbonyl (C=O) groups excluding carboxylic acids is 1. The lowest BCUT2D eigenvalue weighted by Gasteiger charge is -2.07. The van der Waals surface area contributed by atoms with Gasteiger partial charge in [0.2, 0.25) is 0 Å². The number of aromatic nitrogens is 2. The number of nitrogens with one attached hydrogen (secondary N) is 1. The molecular formula is C19H14BrN3O4. The van der Waals surface area contributed by atoms with Gasteiger partial charge in [0, 0.05) is 4.47 Å². The average molecular weight is 428 g/mol. The van der Waals surface area contributed by atoms with Crippen LogP contribution in [0.15, 0.2) is 58.8 Å². The van der Waals surface area contributed by atoms with E-state index < -0.39 is 18.3 Å². The van der Waals surface area contributed by atoms with Crippen molar-refractivity contribution in [2.45, 2.75) is 0 Å². The Morgan fingerprint density at radius 2 is 2.04 bits per heavy atom. The molecule has 0 aliphatic rings.